The van der Waals surface area contributed by atoms with Gasteiger partial charge in [-0.15, -0.1) is 0 Å². The van der Waals surface area contributed by atoms with Gasteiger partial charge in [-0.25, -0.2) is 4.98 Å². The van der Waals surface area contributed by atoms with E-state index in [0.29, 0.717) is 0 Å². The minimum atomic E-state index is 0.157. The molecule has 1 fully saturated rings. The molecular formula is C13H21N3. The van der Waals surface area contributed by atoms with E-state index in [0.717, 1.165) is 18.9 Å². The van der Waals surface area contributed by atoms with E-state index in [1.807, 2.05) is 6.33 Å². The lowest BCUT2D eigenvalue weighted by Crippen LogP contribution is -2.48. The highest BCUT2D eigenvalue weighted by Gasteiger charge is 2.38. The number of hydrogen-bond acceptors (Lipinski definition) is 2. The summed E-state index contributed by atoms with van der Waals surface area (Å²) in [6.45, 7) is 3.43. The van der Waals surface area contributed by atoms with Crippen LogP contribution in [0.3, 0.4) is 0 Å². The molecule has 1 aliphatic heterocycles. The molecule has 1 atom stereocenters. The largest absolute Gasteiger partial charge is 0.336 e. The number of aromatic nitrogens is 2. The summed E-state index contributed by atoms with van der Waals surface area (Å²) in [5.41, 5.74) is 2.89. The molecule has 1 N–H and O–H groups in total. The molecule has 1 saturated carbocycles. The van der Waals surface area contributed by atoms with Crippen LogP contribution in [0.25, 0.3) is 0 Å². The molecule has 1 aromatic heterocycles. The highest BCUT2D eigenvalue weighted by Crippen LogP contribution is 2.39. The quantitative estimate of drug-likeness (QED) is 0.824. The van der Waals surface area contributed by atoms with Crippen molar-refractivity contribution in [2.45, 2.75) is 44.6 Å². The van der Waals surface area contributed by atoms with E-state index < -0.39 is 0 Å². The average molecular weight is 219 g/mol. The van der Waals surface area contributed by atoms with E-state index >= 15 is 0 Å². The van der Waals surface area contributed by atoms with Gasteiger partial charge in [0.1, 0.15) is 0 Å². The number of aryl methyl sites for hydroxylation is 1. The van der Waals surface area contributed by atoms with Crippen LogP contribution in [0.2, 0.25) is 0 Å². The van der Waals surface area contributed by atoms with Gasteiger partial charge in [0, 0.05) is 20.0 Å². The summed E-state index contributed by atoms with van der Waals surface area (Å²) >= 11 is 0. The van der Waals surface area contributed by atoms with Crippen LogP contribution in [0.15, 0.2) is 6.33 Å². The summed E-state index contributed by atoms with van der Waals surface area (Å²) in [7, 11) is 2.12. The number of fused-ring (bicyclic) bond motifs is 1. The average Bonchev–Trinajstić information content (AvgIpc) is 2.57. The van der Waals surface area contributed by atoms with Crippen molar-refractivity contribution in [3.05, 3.63) is 17.7 Å². The Balaban J connectivity index is 1.91. The van der Waals surface area contributed by atoms with E-state index in [9.17, 15) is 0 Å². The second-order valence-electron chi connectivity index (χ2n) is 5.66. The van der Waals surface area contributed by atoms with E-state index in [2.05, 4.69) is 28.8 Å². The molecule has 3 rings (SSSR count). The van der Waals surface area contributed by atoms with Gasteiger partial charge in [0.25, 0.3) is 0 Å². The maximum Gasteiger partial charge on any atom is 0.0949 e. The van der Waals surface area contributed by atoms with Gasteiger partial charge in [-0.2, -0.15) is 0 Å². The monoisotopic (exact) mass is 219 g/mol. The lowest BCUT2D eigenvalue weighted by atomic mass is 9.74. The van der Waals surface area contributed by atoms with Crippen molar-refractivity contribution in [2.75, 3.05) is 6.54 Å². The molecule has 0 bridgehead atoms. The van der Waals surface area contributed by atoms with E-state index in [-0.39, 0.29) is 5.54 Å². The van der Waals surface area contributed by atoms with Crippen molar-refractivity contribution in [2.24, 2.45) is 13.0 Å². The van der Waals surface area contributed by atoms with Gasteiger partial charge in [0.2, 0.25) is 0 Å². The summed E-state index contributed by atoms with van der Waals surface area (Å²) in [6, 6.07) is 0. The summed E-state index contributed by atoms with van der Waals surface area (Å²) in [4.78, 5) is 4.53. The first-order valence-electron chi connectivity index (χ1n) is 6.45. The SMILES string of the molecule is Cn1cnc2c1C(C)(CC1CCC1)NCC2. The topological polar surface area (TPSA) is 29.9 Å². The van der Waals surface area contributed by atoms with Crippen LogP contribution in [0, 0.1) is 5.92 Å². The highest BCUT2D eigenvalue weighted by molar-refractivity contribution is 5.26. The number of hydrogen-bond donors (Lipinski definition) is 1. The smallest absolute Gasteiger partial charge is 0.0949 e. The Kier molecular flexibility index (Phi) is 2.32. The maximum absolute atomic E-state index is 4.53. The van der Waals surface area contributed by atoms with Crippen LogP contribution in [-0.2, 0) is 19.0 Å². The summed E-state index contributed by atoms with van der Waals surface area (Å²) < 4.78 is 2.21. The van der Waals surface area contributed by atoms with E-state index in [1.165, 1.54) is 37.1 Å². The molecule has 3 nitrogen and oxygen atoms in total. The summed E-state index contributed by atoms with van der Waals surface area (Å²) in [6.07, 6.45) is 8.60. The maximum atomic E-state index is 4.53. The van der Waals surface area contributed by atoms with Crippen molar-refractivity contribution in [3.8, 4) is 0 Å². The first-order chi connectivity index (χ1) is 7.69. The zero-order valence-electron chi connectivity index (χ0n) is 10.3. The Hall–Kier alpha value is -0.830. The molecule has 1 aliphatic carbocycles. The predicted molar refractivity (Wildman–Crippen MR) is 64.2 cm³/mol. The second kappa shape index (κ2) is 3.59. The Bertz CT molecular complexity index is 392. The first-order valence-corrected chi connectivity index (χ1v) is 6.45. The molecule has 2 heterocycles. The van der Waals surface area contributed by atoms with Crippen molar-refractivity contribution in [1.82, 2.24) is 14.9 Å². The summed E-state index contributed by atoms with van der Waals surface area (Å²) in [5.74, 6) is 0.929. The predicted octanol–water partition coefficient (Wildman–Crippen LogP) is 1.97. The van der Waals surface area contributed by atoms with Crippen LogP contribution in [0.4, 0.5) is 0 Å². The Morgan fingerprint density at radius 3 is 3.06 bits per heavy atom. The molecule has 3 heteroatoms. The molecule has 1 aromatic rings. The van der Waals surface area contributed by atoms with Gasteiger partial charge in [-0.3, -0.25) is 0 Å². The standard InChI is InChI=1S/C13H21N3/c1-13(8-10-4-3-5-10)12-11(6-7-15-13)14-9-16(12)2/h9-10,15H,3-8H2,1-2H3. The third-order valence-electron chi connectivity index (χ3n) is 4.33. The fraction of sp³-hybridized carbons (Fsp3) is 0.769. The molecule has 88 valence electrons. The molecule has 0 aromatic carbocycles. The molecule has 2 aliphatic rings. The molecule has 16 heavy (non-hydrogen) atoms. The Morgan fingerprint density at radius 1 is 1.56 bits per heavy atom. The van der Waals surface area contributed by atoms with Gasteiger partial charge >= 0.3 is 0 Å². The first kappa shape index (κ1) is 10.3. The normalized spacial score (nSPS) is 29.9. The van der Waals surface area contributed by atoms with Crippen molar-refractivity contribution < 1.29 is 0 Å². The van der Waals surface area contributed by atoms with Crippen LogP contribution in [0.1, 0.15) is 44.0 Å². The van der Waals surface area contributed by atoms with Crippen LogP contribution in [-0.4, -0.2) is 16.1 Å². The van der Waals surface area contributed by atoms with Gasteiger partial charge in [0.15, 0.2) is 0 Å². The highest BCUT2D eigenvalue weighted by atomic mass is 15.1. The number of nitrogens with one attached hydrogen (secondary N) is 1. The lowest BCUT2D eigenvalue weighted by molar-refractivity contribution is 0.191. The van der Waals surface area contributed by atoms with Gasteiger partial charge < -0.3 is 9.88 Å². The third kappa shape index (κ3) is 1.49. The molecular weight excluding hydrogens is 198 g/mol. The minimum Gasteiger partial charge on any atom is -0.336 e. The fourth-order valence-electron chi connectivity index (χ4n) is 3.35. The van der Waals surface area contributed by atoms with E-state index in [1.54, 1.807) is 0 Å². The van der Waals surface area contributed by atoms with Crippen molar-refractivity contribution in [1.29, 1.82) is 0 Å². The van der Waals surface area contributed by atoms with Crippen molar-refractivity contribution in [3.63, 3.8) is 0 Å². The zero-order chi connectivity index (χ0) is 11.2. The Labute approximate surface area is 97.3 Å². The number of imidazole rings is 1. The Morgan fingerprint density at radius 2 is 2.38 bits per heavy atom. The van der Waals surface area contributed by atoms with Gasteiger partial charge in [-0.05, 0) is 19.3 Å². The second-order valence-corrected chi connectivity index (χ2v) is 5.66. The minimum absolute atomic E-state index is 0.157. The third-order valence-corrected chi connectivity index (χ3v) is 4.33. The molecule has 1 unspecified atom stereocenters. The van der Waals surface area contributed by atoms with Gasteiger partial charge in [-0.1, -0.05) is 19.3 Å². The van der Waals surface area contributed by atoms with Crippen LogP contribution < -0.4 is 5.32 Å². The van der Waals surface area contributed by atoms with Crippen LogP contribution >= 0.6 is 0 Å². The van der Waals surface area contributed by atoms with Crippen LogP contribution in [0.5, 0.6) is 0 Å². The van der Waals surface area contributed by atoms with E-state index in [4.69, 9.17) is 0 Å². The molecule has 0 amide bonds. The van der Waals surface area contributed by atoms with Gasteiger partial charge in [0.05, 0.1) is 23.3 Å². The van der Waals surface area contributed by atoms with Crippen molar-refractivity contribution >= 4 is 0 Å². The molecule has 0 spiro atoms. The number of nitrogens with zero attached hydrogens (tertiary/aromatic N) is 2. The number of rotatable bonds is 2. The zero-order valence-corrected chi connectivity index (χ0v) is 10.3. The fourth-order valence-corrected chi connectivity index (χ4v) is 3.35. The lowest BCUT2D eigenvalue weighted by Gasteiger charge is -2.40. The summed E-state index contributed by atoms with van der Waals surface area (Å²) in [5, 5.41) is 3.72. The molecule has 0 radical (unpaired) electrons. The molecule has 0 saturated heterocycles.